The van der Waals surface area contributed by atoms with Crippen LogP contribution >= 0.6 is 11.8 Å². The Balaban J connectivity index is 2.12. The zero-order chi connectivity index (χ0) is 15.2. The minimum Gasteiger partial charge on any atom is -0.403 e. The lowest BCUT2D eigenvalue weighted by molar-refractivity contribution is -0.116. The number of rotatable bonds is 6. The predicted octanol–water partition coefficient (Wildman–Crippen LogP) is 3.98. The molecule has 0 radical (unpaired) electrons. The molecule has 5 nitrogen and oxygen atoms in total. The van der Waals surface area contributed by atoms with Gasteiger partial charge in [-0.3, -0.25) is 10.1 Å². The molecule has 6 heteroatoms. The Hall–Kier alpha value is -1.82. The second kappa shape index (κ2) is 7.26. The van der Waals surface area contributed by atoms with Crippen molar-refractivity contribution in [2.75, 3.05) is 5.32 Å². The first-order valence-electron chi connectivity index (χ1n) is 6.99. The largest absolute Gasteiger partial charge is 0.403 e. The van der Waals surface area contributed by atoms with Gasteiger partial charge in [-0.05, 0) is 24.6 Å². The maximum Gasteiger partial charge on any atom is 0.322 e. The second-order valence-corrected chi connectivity index (χ2v) is 6.55. The van der Waals surface area contributed by atoms with Gasteiger partial charge in [0, 0.05) is 22.1 Å². The van der Waals surface area contributed by atoms with Crippen LogP contribution in [0.5, 0.6) is 0 Å². The summed E-state index contributed by atoms with van der Waals surface area (Å²) in [5.74, 6) is 0.296. The van der Waals surface area contributed by atoms with Crippen molar-refractivity contribution in [3.63, 3.8) is 0 Å². The molecule has 0 saturated carbocycles. The number of hydrogen-bond acceptors (Lipinski definition) is 5. The molecule has 21 heavy (non-hydrogen) atoms. The van der Waals surface area contributed by atoms with E-state index < -0.39 is 0 Å². The van der Waals surface area contributed by atoms with E-state index in [0.717, 1.165) is 16.9 Å². The van der Waals surface area contributed by atoms with Crippen LogP contribution in [0.15, 0.2) is 33.6 Å². The van der Waals surface area contributed by atoms with Crippen molar-refractivity contribution in [1.82, 2.24) is 10.2 Å². The molecular weight excluding hydrogens is 286 g/mol. The maximum absolute atomic E-state index is 11.5. The van der Waals surface area contributed by atoms with E-state index in [9.17, 15) is 4.79 Å². The number of amides is 1. The normalized spacial score (nSPS) is 10.9. The highest BCUT2D eigenvalue weighted by Gasteiger charge is 2.11. The summed E-state index contributed by atoms with van der Waals surface area (Å²) < 4.78 is 5.48. The minimum atomic E-state index is -0.114. The summed E-state index contributed by atoms with van der Waals surface area (Å²) in [6.45, 7) is 6.23. The molecule has 0 unspecified atom stereocenters. The average Bonchev–Trinajstić information content (AvgIpc) is 2.87. The van der Waals surface area contributed by atoms with Gasteiger partial charge < -0.3 is 4.42 Å². The molecule has 2 rings (SSSR count). The van der Waals surface area contributed by atoms with Gasteiger partial charge in [0.05, 0.1) is 0 Å². The summed E-state index contributed by atoms with van der Waals surface area (Å²) in [7, 11) is 0. The number of nitrogens with one attached hydrogen (secondary N) is 1. The molecule has 1 N–H and O–H groups in total. The summed E-state index contributed by atoms with van der Waals surface area (Å²) >= 11 is 1.77. The number of hydrogen-bond donors (Lipinski definition) is 1. The molecule has 1 amide bonds. The highest BCUT2D eigenvalue weighted by Crippen LogP contribution is 2.28. The monoisotopic (exact) mass is 305 g/mol. The van der Waals surface area contributed by atoms with Crippen LogP contribution in [0.25, 0.3) is 11.5 Å². The third-order valence-electron chi connectivity index (χ3n) is 2.60. The van der Waals surface area contributed by atoms with E-state index in [0.29, 0.717) is 17.6 Å². The lowest BCUT2D eigenvalue weighted by atomic mass is 10.2. The quantitative estimate of drug-likeness (QED) is 0.818. The smallest absolute Gasteiger partial charge is 0.322 e. The summed E-state index contributed by atoms with van der Waals surface area (Å²) in [5.41, 5.74) is 0.851. The Morgan fingerprint density at radius 3 is 2.90 bits per heavy atom. The molecule has 0 aliphatic rings. The van der Waals surface area contributed by atoms with Crippen LogP contribution < -0.4 is 5.32 Å². The second-order valence-electron chi connectivity index (χ2n) is 4.90. The van der Waals surface area contributed by atoms with Crippen molar-refractivity contribution >= 4 is 23.7 Å². The van der Waals surface area contributed by atoms with Crippen LogP contribution in [-0.2, 0) is 4.79 Å². The molecule has 0 fully saturated rings. The topological polar surface area (TPSA) is 68.0 Å². The highest BCUT2D eigenvalue weighted by atomic mass is 32.2. The predicted molar refractivity (Wildman–Crippen MR) is 84.3 cm³/mol. The number of thioether (sulfide) groups is 1. The lowest BCUT2D eigenvalue weighted by Gasteiger charge is -2.05. The van der Waals surface area contributed by atoms with Gasteiger partial charge in [0.25, 0.3) is 0 Å². The molecule has 2 aromatic rings. The lowest BCUT2D eigenvalue weighted by Crippen LogP contribution is -2.10. The first-order valence-corrected chi connectivity index (χ1v) is 7.87. The number of carbonyl (C=O) groups excluding carboxylic acids is 1. The van der Waals surface area contributed by atoms with E-state index in [2.05, 4.69) is 35.4 Å². The van der Waals surface area contributed by atoms with Crippen LogP contribution in [0, 0.1) is 0 Å². The molecule has 0 bridgehead atoms. The third-order valence-corrected chi connectivity index (χ3v) is 3.60. The van der Waals surface area contributed by atoms with Crippen molar-refractivity contribution in [1.29, 1.82) is 0 Å². The van der Waals surface area contributed by atoms with Crippen LogP contribution in [-0.4, -0.2) is 21.4 Å². The van der Waals surface area contributed by atoms with Crippen molar-refractivity contribution in [2.24, 2.45) is 0 Å². The standard InChI is InChI=1S/C15H19N3O2S/c1-4-6-13(19)16-15-18-17-14(20-15)11-7-5-8-12(9-11)21-10(2)3/h5,7-10H,4,6H2,1-3H3,(H,16,18,19). The van der Waals surface area contributed by atoms with Gasteiger partial charge in [0.1, 0.15) is 0 Å². The number of anilines is 1. The summed E-state index contributed by atoms with van der Waals surface area (Å²) in [6.07, 6.45) is 1.22. The van der Waals surface area contributed by atoms with Crippen molar-refractivity contribution in [3.05, 3.63) is 24.3 Å². The fraction of sp³-hybridized carbons (Fsp3) is 0.400. The number of nitrogens with zero attached hydrogens (tertiary/aromatic N) is 2. The molecule has 0 aliphatic carbocycles. The van der Waals surface area contributed by atoms with E-state index in [1.54, 1.807) is 11.8 Å². The van der Waals surface area contributed by atoms with Crippen molar-refractivity contribution < 1.29 is 9.21 Å². The molecule has 1 aromatic carbocycles. The maximum atomic E-state index is 11.5. The fourth-order valence-corrected chi connectivity index (χ4v) is 2.67. The number of aromatic nitrogens is 2. The Morgan fingerprint density at radius 2 is 2.19 bits per heavy atom. The van der Waals surface area contributed by atoms with Crippen LogP contribution in [0.4, 0.5) is 6.01 Å². The zero-order valence-corrected chi connectivity index (χ0v) is 13.2. The van der Waals surface area contributed by atoms with Gasteiger partial charge >= 0.3 is 6.01 Å². The fourth-order valence-electron chi connectivity index (χ4n) is 1.77. The van der Waals surface area contributed by atoms with E-state index in [1.165, 1.54) is 0 Å². The Labute approximate surface area is 128 Å². The summed E-state index contributed by atoms with van der Waals surface area (Å²) in [6, 6.07) is 8.07. The average molecular weight is 305 g/mol. The van der Waals surface area contributed by atoms with Gasteiger partial charge in [-0.2, -0.15) is 0 Å². The molecular formula is C15H19N3O2S. The van der Waals surface area contributed by atoms with Crippen LogP contribution in [0.1, 0.15) is 33.6 Å². The Morgan fingerprint density at radius 1 is 1.38 bits per heavy atom. The Bertz CT molecular complexity index is 610. The zero-order valence-electron chi connectivity index (χ0n) is 12.4. The molecule has 0 atom stereocenters. The van der Waals surface area contributed by atoms with E-state index in [-0.39, 0.29) is 11.9 Å². The molecule has 0 spiro atoms. The highest BCUT2D eigenvalue weighted by molar-refractivity contribution is 7.99. The van der Waals surface area contributed by atoms with Gasteiger partial charge in [0.2, 0.25) is 11.8 Å². The van der Waals surface area contributed by atoms with E-state index >= 15 is 0 Å². The molecule has 0 saturated heterocycles. The number of carbonyl (C=O) groups is 1. The van der Waals surface area contributed by atoms with Crippen molar-refractivity contribution in [2.45, 2.75) is 43.8 Å². The van der Waals surface area contributed by atoms with Gasteiger partial charge in [-0.1, -0.05) is 31.9 Å². The first kappa shape index (κ1) is 15.6. The SMILES string of the molecule is CCCC(=O)Nc1nnc(-c2cccc(SC(C)C)c2)o1. The molecule has 1 aromatic heterocycles. The first-order chi connectivity index (χ1) is 10.1. The third kappa shape index (κ3) is 4.60. The van der Waals surface area contributed by atoms with Crippen LogP contribution in [0.2, 0.25) is 0 Å². The van der Waals surface area contributed by atoms with Gasteiger partial charge in [-0.25, -0.2) is 0 Å². The van der Waals surface area contributed by atoms with Gasteiger partial charge in [-0.15, -0.1) is 16.9 Å². The molecule has 0 aliphatic heterocycles. The van der Waals surface area contributed by atoms with Crippen molar-refractivity contribution in [3.8, 4) is 11.5 Å². The molecule has 112 valence electrons. The van der Waals surface area contributed by atoms with Crippen LogP contribution in [0.3, 0.4) is 0 Å². The summed E-state index contributed by atoms with van der Waals surface area (Å²) in [4.78, 5) is 12.6. The summed E-state index contributed by atoms with van der Waals surface area (Å²) in [5, 5.41) is 10.9. The molecule has 1 heterocycles. The number of benzene rings is 1. The Kier molecular flexibility index (Phi) is 5.38. The van der Waals surface area contributed by atoms with E-state index in [1.807, 2.05) is 25.1 Å². The minimum absolute atomic E-state index is 0.114. The van der Waals surface area contributed by atoms with E-state index in [4.69, 9.17) is 4.42 Å². The van der Waals surface area contributed by atoms with Gasteiger partial charge in [0.15, 0.2) is 0 Å².